The minimum atomic E-state index is -4.55. The van der Waals surface area contributed by atoms with Crippen LogP contribution in [-0.4, -0.2) is 64.5 Å². The fraction of sp³-hybridized carbons (Fsp3) is 0.767. The molecule has 3 unspecified atom stereocenters. The van der Waals surface area contributed by atoms with Gasteiger partial charge < -0.3 is 4.74 Å². The quantitative estimate of drug-likeness (QED) is 0.523. The van der Waals surface area contributed by atoms with Gasteiger partial charge in [-0.1, -0.05) is 13.3 Å². The highest BCUT2D eigenvalue weighted by Crippen LogP contribution is 2.61. The number of likely N-dealkylation sites (tertiary alicyclic amines) is 1. The summed E-state index contributed by atoms with van der Waals surface area (Å²) in [6.07, 6.45) is 6.23. The van der Waals surface area contributed by atoms with Gasteiger partial charge in [0.05, 0.1) is 29.5 Å². The third kappa shape index (κ3) is 5.26. The Bertz CT molecular complexity index is 1320. The topological polar surface area (TPSA) is 66.2 Å². The molecular formula is C30H45F3N6O2. The highest BCUT2D eigenvalue weighted by molar-refractivity contribution is 5.56. The van der Waals surface area contributed by atoms with E-state index >= 15 is 0 Å². The van der Waals surface area contributed by atoms with Crippen LogP contribution >= 0.6 is 0 Å². The van der Waals surface area contributed by atoms with Crippen LogP contribution in [0.5, 0.6) is 0 Å². The standard InChI is InChI=1S/C30H45F3N6O2/c1-20-7-6-10-37(13-20)14-21-11-24(30(31,32)33)25-16-38(27(40)39(25)15-21)23-9-5-8-22(12-23)29(17-28(2,18-29)41-4)26-35-34-19-36(26)3/h11,15-16,20,22-23,26,34-35H,5-10,12-14,17-19H2,1-4H3/t20-,22?,23?,26?,28?,29?/m0/s1. The van der Waals surface area contributed by atoms with Crippen molar-refractivity contribution in [3.8, 4) is 0 Å². The number of pyridine rings is 1. The van der Waals surface area contributed by atoms with Crippen LogP contribution in [0.3, 0.4) is 0 Å². The normalized spacial score (nSPS) is 35.7. The SMILES string of the molecule is COC1(C)CC(C2CCCC(n3cc4c(C(F)(F)F)cc(CN5CCC[C@H](C)C5)cn4c3=O)C2)(C2NNCN2C)C1. The minimum absolute atomic E-state index is 0.0413. The van der Waals surface area contributed by atoms with Gasteiger partial charge in [-0.2, -0.15) is 13.2 Å². The first-order chi connectivity index (χ1) is 19.4. The van der Waals surface area contributed by atoms with E-state index in [0.29, 0.717) is 23.9 Å². The molecule has 2 aliphatic heterocycles. The predicted octanol–water partition coefficient (Wildman–Crippen LogP) is 4.59. The number of aromatic nitrogens is 2. The zero-order chi connectivity index (χ0) is 29.2. The van der Waals surface area contributed by atoms with E-state index in [0.717, 1.165) is 71.1 Å². The maximum atomic E-state index is 14.3. The molecule has 2 N–H and O–H groups in total. The summed E-state index contributed by atoms with van der Waals surface area (Å²) in [5, 5.41) is 0. The van der Waals surface area contributed by atoms with Crippen LogP contribution < -0.4 is 16.5 Å². The summed E-state index contributed by atoms with van der Waals surface area (Å²) in [5.41, 5.74) is 5.92. The Morgan fingerprint density at radius 3 is 2.59 bits per heavy atom. The smallest absolute Gasteiger partial charge is 0.378 e. The van der Waals surface area contributed by atoms with Crippen molar-refractivity contribution in [3.05, 3.63) is 40.1 Å². The van der Waals surface area contributed by atoms with Crippen LogP contribution in [0.15, 0.2) is 23.3 Å². The number of methoxy groups -OCH3 is 1. The van der Waals surface area contributed by atoms with Gasteiger partial charge in [0.1, 0.15) is 0 Å². The molecule has 41 heavy (non-hydrogen) atoms. The molecular weight excluding hydrogens is 533 g/mol. The molecule has 2 saturated carbocycles. The number of piperidine rings is 1. The molecule has 6 rings (SSSR count). The highest BCUT2D eigenvalue weighted by atomic mass is 19.4. The number of fused-ring (bicyclic) bond motifs is 1. The summed E-state index contributed by atoms with van der Waals surface area (Å²) in [5.74, 6) is 0.839. The first-order valence-electron chi connectivity index (χ1n) is 15.2. The molecule has 2 aromatic heterocycles. The first kappa shape index (κ1) is 29.2. The number of ether oxygens (including phenoxy) is 1. The van der Waals surface area contributed by atoms with Crippen LogP contribution in [-0.2, 0) is 17.5 Å². The molecule has 4 aliphatic rings. The highest BCUT2D eigenvalue weighted by Gasteiger charge is 2.62. The molecule has 2 saturated heterocycles. The zero-order valence-electron chi connectivity index (χ0n) is 24.8. The molecule has 8 nitrogen and oxygen atoms in total. The van der Waals surface area contributed by atoms with Gasteiger partial charge in [0.25, 0.3) is 0 Å². The molecule has 4 heterocycles. The van der Waals surface area contributed by atoms with E-state index in [1.54, 1.807) is 17.9 Å². The summed E-state index contributed by atoms with van der Waals surface area (Å²) in [4.78, 5) is 18.3. The third-order valence-electron chi connectivity index (χ3n) is 10.6. The molecule has 11 heteroatoms. The van der Waals surface area contributed by atoms with E-state index in [-0.39, 0.29) is 34.4 Å². The van der Waals surface area contributed by atoms with Crippen molar-refractivity contribution in [2.75, 3.05) is 33.9 Å². The van der Waals surface area contributed by atoms with Crippen molar-refractivity contribution in [1.29, 1.82) is 0 Å². The molecule has 0 radical (unpaired) electrons. The zero-order valence-corrected chi connectivity index (χ0v) is 24.8. The maximum Gasteiger partial charge on any atom is 0.418 e. The van der Waals surface area contributed by atoms with E-state index in [1.807, 2.05) is 0 Å². The van der Waals surface area contributed by atoms with Crippen molar-refractivity contribution >= 4 is 5.52 Å². The fourth-order valence-corrected chi connectivity index (χ4v) is 8.71. The average Bonchev–Trinajstić information content (AvgIpc) is 3.49. The maximum absolute atomic E-state index is 14.3. The van der Waals surface area contributed by atoms with Gasteiger partial charge in [-0.15, -0.1) is 0 Å². The fourth-order valence-electron chi connectivity index (χ4n) is 8.71. The second-order valence-electron chi connectivity index (χ2n) is 13.7. The number of alkyl halides is 3. The first-order valence-corrected chi connectivity index (χ1v) is 15.2. The van der Waals surface area contributed by atoms with E-state index < -0.39 is 11.7 Å². The van der Waals surface area contributed by atoms with E-state index in [1.165, 1.54) is 16.7 Å². The molecule has 0 aromatic carbocycles. The monoisotopic (exact) mass is 578 g/mol. The van der Waals surface area contributed by atoms with Gasteiger partial charge in [-0.3, -0.25) is 18.8 Å². The molecule has 2 aromatic rings. The Kier molecular flexibility index (Phi) is 7.58. The lowest BCUT2D eigenvalue weighted by Crippen LogP contribution is -2.66. The number of nitrogens with one attached hydrogen (secondary N) is 2. The Morgan fingerprint density at radius 1 is 1.15 bits per heavy atom. The molecule has 0 amide bonds. The lowest BCUT2D eigenvalue weighted by molar-refractivity contribution is -0.195. The summed E-state index contributed by atoms with van der Waals surface area (Å²) < 4.78 is 51.8. The Balaban J connectivity index is 1.32. The largest absolute Gasteiger partial charge is 0.418 e. The summed E-state index contributed by atoms with van der Waals surface area (Å²) in [6, 6.07) is 1.12. The molecule has 4 atom stereocenters. The third-order valence-corrected chi connectivity index (χ3v) is 10.6. The number of hydrogen-bond donors (Lipinski definition) is 2. The molecule has 228 valence electrons. The van der Waals surface area contributed by atoms with Crippen LogP contribution in [0.1, 0.15) is 82.4 Å². The summed E-state index contributed by atoms with van der Waals surface area (Å²) in [6.45, 7) is 7.23. The van der Waals surface area contributed by atoms with E-state index in [2.05, 4.69) is 41.5 Å². The lowest BCUT2D eigenvalue weighted by Gasteiger charge is -2.62. The van der Waals surface area contributed by atoms with Gasteiger partial charge in [-0.05, 0) is 88.9 Å². The van der Waals surface area contributed by atoms with Gasteiger partial charge >= 0.3 is 11.9 Å². The molecule has 2 aliphatic carbocycles. The summed E-state index contributed by atoms with van der Waals surface area (Å²) in [7, 11) is 3.87. The Labute approximate surface area is 240 Å². The number of nitrogens with zero attached hydrogens (tertiary/aromatic N) is 4. The van der Waals surface area contributed by atoms with Crippen molar-refractivity contribution < 1.29 is 17.9 Å². The average molecular weight is 579 g/mol. The van der Waals surface area contributed by atoms with Crippen LogP contribution in [0.4, 0.5) is 13.2 Å². The second-order valence-corrected chi connectivity index (χ2v) is 13.7. The molecule has 4 fully saturated rings. The van der Waals surface area contributed by atoms with Crippen molar-refractivity contribution in [1.82, 2.24) is 29.6 Å². The Morgan fingerprint density at radius 2 is 1.93 bits per heavy atom. The van der Waals surface area contributed by atoms with Gasteiger partial charge in [0, 0.05) is 44.0 Å². The van der Waals surface area contributed by atoms with E-state index in [4.69, 9.17) is 4.74 Å². The Hall–Kier alpha value is -1.92. The number of hydrogen-bond acceptors (Lipinski definition) is 6. The summed E-state index contributed by atoms with van der Waals surface area (Å²) >= 11 is 0. The van der Waals surface area contributed by atoms with Gasteiger partial charge in [-0.25, -0.2) is 15.6 Å². The number of imidazole rings is 1. The number of hydrazine groups is 1. The van der Waals surface area contributed by atoms with Crippen LogP contribution in [0.25, 0.3) is 5.52 Å². The molecule has 0 bridgehead atoms. The predicted molar refractivity (Wildman–Crippen MR) is 151 cm³/mol. The minimum Gasteiger partial charge on any atom is -0.378 e. The molecule has 0 spiro atoms. The van der Waals surface area contributed by atoms with Crippen molar-refractivity contribution in [3.63, 3.8) is 0 Å². The number of halogens is 3. The lowest BCUT2D eigenvalue weighted by atomic mass is 9.50. The van der Waals surface area contributed by atoms with Crippen LogP contribution in [0, 0.1) is 17.3 Å². The number of rotatable bonds is 6. The van der Waals surface area contributed by atoms with Gasteiger partial charge in [0.2, 0.25) is 0 Å². The van der Waals surface area contributed by atoms with Crippen LogP contribution in [0.2, 0.25) is 0 Å². The van der Waals surface area contributed by atoms with Crippen molar-refractivity contribution in [2.45, 2.75) is 95.7 Å². The van der Waals surface area contributed by atoms with Crippen molar-refractivity contribution in [2.24, 2.45) is 17.3 Å². The second kappa shape index (κ2) is 10.7. The van der Waals surface area contributed by atoms with Gasteiger partial charge in [0.15, 0.2) is 0 Å². The van der Waals surface area contributed by atoms with E-state index in [9.17, 15) is 18.0 Å².